The molecule has 1 aromatic carbocycles. The van der Waals surface area contributed by atoms with Crippen molar-refractivity contribution in [2.24, 2.45) is 13.0 Å². The number of rotatable bonds is 2. The van der Waals surface area contributed by atoms with Crippen LogP contribution in [-0.4, -0.2) is 15.6 Å². The quantitative estimate of drug-likeness (QED) is 0.825. The van der Waals surface area contributed by atoms with E-state index in [-0.39, 0.29) is 0 Å². The summed E-state index contributed by atoms with van der Waals surface area (Å²) in [5.41, 5.74) is 2.28. The van der Waals surface area contributed by atoms with Gasteiger partial charge in [-0.1, -0.05) is 38.3 Å². The number of hydrogen-bond donors (Lipinski definition) is 1. The van der Waals surface area contributed by atoms with Gasteiger partial charge in [-0.2, -0.15) is 0 Å². The molecule has 0 bridgehead atoms. The molecule has 0 spiro atoms. The van der Waals surface area contributed by atoms with E-state index in [2.05, 4.69) is 42.1 Å². The van der Waals surface area contributed by atoms with Crippen LogP contribution in [-0.2, 0) is 7.05 Å². The second-order valence-electron chi connectivity index (χ2n) is 5.85. The molecule has 3 heteroatoms. The molecule has 102 valence electrons. The molecule has 1 aliphatic carbocycles. The summed E-state index contributed by atoms with van der Waals surface area (Å²) in [6.07, 6.45) is 6.70. The van der Waals surface area contributed by atoms with Crippen molar-refractivity contribution in [1.29, 1.82) is 0 Å². The van der Waals surface area contributed by atoms with Crippen molar-refractivity contribution < 1.29 is 0 Å². The fourth-order valence-electron chi connectivity index (χ4n) is 3.15. The highest BCUT2D eigenvalue weighted by Gasteiger charge is 2.21. The molecule has 0 saturated heterocycles. The van der Waals surface area contributed by atoms with E-state index in [1.807, 2.05) is 6.07 Å². The maximum atomic E-state index is 4.72. The second-order valence-corrected chi connectivity index (χ2v) is 5.85. The van der Waals surface area contributed by atoms with Crippen molar-refractivity contribution in [1.82, 2.24) is 9.55 Å². The Morgan fingerprint density at radius 2 is 1.95 bits per heavy atom. The Labute approximate surface area is 115 Å². The highest BCUT2D eigenvalue weighted by Crippen LogP contribution is 2.26. The van der Waals surface area contributed by atoms with Crippen molar-refractivity contribution in [3.8, 4) is 0 Å². The molecule has 0 aliphatic heterocycles. The highest BCUT2D eigenvalue weighted by molar-refractivity contribution is 5.78. The van der Waals surface area contributed by atoms with Gasteiger partial charge in [-0.3, -0.25) is 0 Å². The zero-order valence-corrected chi connectivity index (χ0v) is 11.9. The molecule has 3 rings (SSSR count). The maximum absolute atomic E-state index is 4.72. The number of fused-ring (bicyclic) bond motifs is 1. The van der Waals surface area contributed by atoms with Crippen molar-refractivity contribution in [3.63, 3.8) is 0 Å². The molecule has 19 heavy (non-hydrogen) atoms. The molecule has 1 saturated carbocycles. The van der Waals surface area contributed by atoms with E-state index in [1.165, 1.54) is 37.6 Å². The average molecular weight is 257 g/mol. The molecule has 1 fully saturated rings. The minimum Gasteiger partial charge on any atom is -0.353 e. The lowest BCUT2D eigenvalue weighted by atomic mass is 9.97. The average Bonchev–Trinajstić information content (AvgIpc) is 2.59. The van der Waals surface area contributed by atoms with Crippen LogP contribution in [0.4, 0.5) is 5.95 Å². The first-order chi connectivity index (χ1) is 9.25. The summed E-state index contributed by atoms with van der Waals surface area (Å²) in [5, 5.41) is 3.68. The van der Waals surface area contributed by atoms with Gasteiger partial charge in [-0.25, -0.2) is 4.98 Å². The van der Waals surface area contributed by atoms with Gasteiger partial charge in [0.05, 0.1) is 11.0 Å². The largest absolute Gasteiger partial charge is 0.353 e. The Hall–Kier alpha value is -1.51. The normalized spacial score (nSPS) is 24.3. The summed E-state index contributed by atoms with van der Waals surface area (Å²) in [6.45, 7) is 2.37. The predicted molar refractivity (Wildman–Crippen MR) is 80.4 cm³/mol. The van der Waals surface area contributed by atoms with Gasteiger partial charge < -0.3 is 9.88 Å². The van der Waals surface area contributed by atoms with Gasteiger partial charge >= 0.3 is 0 Å². The van der Waals surface area contributed by atoms with Crippen LogP contribution in [0.5, 0.6) is 0 Å². The zero-order chi connectivity index (χ0) is 13.2. The minimum absolute atomic E-state index is 0.568. The molecule has 1 N–H and O–H groups in total. The molecule has 2 aromatic rings. The lowest BCUT2D eigenvalue weighted by Crippen LogP contribution is -2.27. The topological polar surface area (TPSA) is 29.9 Å². The number of benzene rings is 1. The molecular weight excluding hydrogens is 234 g/mol. The van der Waals surface area contributed by atoms with E-state index < -0.39 is 0 Å². The molecule has 2 atom stereocenters. The number of nitrogens with one attached hydrogen (secondary N) is 1. The Morgan fingerprint density at radius 3 is 2.79 bits per heavy atom. The monoisotopic (exact) mass is 257 g/mol. The molecule has 1 aliphatic rings. The first-order valence-electron chi connectivity index (χ1n) is 7.43. The van der Waals surface area contributed by atoms with Crippen LogP contribution in [0.1, 0.15) is 39.0 Å². The van der Waals surface area contributed by atoms with Crippen LogP contribution in [0.2, 0.25) is 0 Å². The molecule has 2 unspecified atom stereocenters. The summed E-state index contributed by atoms with van der Waals surface area (Å²) in [6, 6.07) is 8.90. The van der Waals surface area contributed by atoms with Crippen molar-refractivity contribution in [2.75, 3.05) is 5.32 Å². The lowest BCUT2D eigenvalue weighted by Gasteiger charge is -2.23. The molecular formula is C16H23N3. The molecule has 1 aromatic heterocycles. The maximum Gasteiger partial charge on any atom is 0.203 e. The molecule has 0 amide bonds. The van der Waals surface area contributed by atoms with Crippen molar-refractivity contribution >= 4 is 17.0 Å². The van der Waals surface area contributed by atoms with Crippen LogP contribution in [0, 0.1) is 5.92 Å². The summed E-state index contributed by atoms with van der Waals surface area (Å²) >= 11 is 0. The third kappa shape index (κ3) is 2.46. The SMILES string of the molecule is CC1CCCCCC1Nc1nc2ccccc2n1C. The van der Waals surface area contributed by atoms with E-state index in [0.29, 0.717) is 6.04 Å². The third-order valence-corrected chi connectivity index (χ3v) is 4.46. The van der Waals surface area contributed by atoms with E-state index in [0.717, 1.165) is 17.4 Å². The molecule has 0 radical (unpaired) electrons. The number of imidazole rings is 1. The van der Waals surface area contributed by atoms with Gasteiger partial charge in [0.25, 0.3) is 0 Å². The first kappa shape index (κ1) is 12.5. The fourth-order valence-corrected chi connectivity index (χ4v) is 3.15. The fraction of sp³-hybridized carbons (Fsp3) is 0.562. The smallest absolute Gasteiger partial charge is 0.203 e. The van der Waals surface area contributed by atoms with Crippen LogP contribution in [0.25, 0.3) is 11.0 Å². The van der Waals surface area contributed by atoms with E-state index in [4.69, 9.17) is 4.98 Å². The van der Waals surface area contributed by atoms with Gasteiger partial charge in [-0.05, 0) is 30.9 Å². The Morgan fingerprint density at radius 1 is 1.16 bits per heavy atom. The van der Waals surface area contributed by atoms with E-state index >= 15 is 0 Å². The number of aryl methyl sites for hydroxylation is 1. The predicted octanol–water partition coefficient (Wildman–Crippen LogP) is 3.95. The number of nitrogens with zero attached hydrogens (tertiary/aromatic N) is 2. The number of anilines is 1. The Bertz CT molecular complexity index is 558. The third-order valence-electron chi connectivity index (χ3n) is 4.46. The van der Waals surface area contributed by atoms with Gasteiger partial charge in [0.15, 0.2) is 0 Å². The zero-order valence-electron chi connectivity index (χ0n) is 11.9. The van der Waals surface area contributed by atoms with E-state index in [9.17, 15) is 0 Å². The Kier molecular flexibility index (Phi) is 3.45. The van der Waals surface area contributed by atoms with Crippen LogP contribution >= 0.6 is 0 Å². The van der Waals surface area contributed by atoms with E-state index in [1.54, 1.807) is 0 Å². The van der Waals surface area contributed by atoms with Gasteiger partial charge in [0, 0.05) is 13.1 Å². The standard InChI is InChI=1S/C16H23N3/c1-12-8-4-3-5-9-13(12)17-16-18-14-10-6-7-11-15(14)19(16)2/h6-7,10-13H,3-5,8-9H2,1-2H3,(H,17,18). The number of hydrogen-bond acceptors (Lipinski definition) is 2. The Balaban J connectivity index is 1.86. The minimum atomic E-state index is 0.568. The molecule has 1 heterocycles. The van der Waals surface area contributed by atoms with Gasteiger partial charge in [0.1, 0.15) is 0 Å². The summed E-state index contributed by atoms with van der Waals surface area (Å²) in [5.74, 6) is 1.75. The first-order valence-corrected chi connectivity index (χ1v) is 7.43. The summed E-state index contributed by atoms with van der Waals surface area (Å²) in [4.78, 5) is 4.72. The highest BCUT2D eigenvalue weighted by atomic mass is 15.2. The van der Waals surface area contributed by atoms with Gasteiger partial charge in [-0.15, -0.1) is 0 Å². The molecule has 3 nitrogen and oxygen atoms in total. The van der Waals surface area contributed by atoms with Gasteiger partial charge in [0.2, 0.25) is 5.95 Å². The van der Waals surface area contributed by atoms with Crippen LogP contribution < -0.4 is 5.32 Å². The summed E-state index contributed by atoms with van der Waals surface area (Å²) in [7, 11) is 2.10. The van der Waals surface area contributed by atoms with Crippen LogP contribution in [0.15, 0.2) is 24.3 Å². The van der Waals surface area contributed by atoms with Crippen LogP contribution in [0.3, 0.4) is 0 Å². The lowest BCUT2D eigenvalue weighted by molar-refractivity contribution is 0.453. The van der Waals surface area contributed by atoms with Crippen molar-refractivity contribution in [2.45, 2.75) is 45.1 Å². The second kappa shape index (κ2) is 5.24. The number of aromatic nitrogens is 2. The number of para-hydroxylation sites is 2. The summed E-state index contributed by atoms with van der Waals surface area (Å²) < 4.78 is 2.17. The van der Waals surface area contributed by atoms with Crippen molar-refractivity contribution in [3.05, 3.63) is 24.3 Å².